The summed E-state index contributed by atoms with van der Waals surface area (Å²) in [5.41, 5.74) is 0.596. The van der Waals surface area contributed by atoms with Crippen LogP contribution in [-0.2, 0) is 0 Å². The van der Waals surface area contributed by atoms with Crippen LogP contribution in [0.25, 0.3) is 0 Å². The Bertz CT molecular complexity index is 513. The van der Waals surface area contributed by atoms with Crippen molar-refractivity contribution in [2.45, 2.75) is 51.5 Å². The van der Waals surface area contributed by atoms with E-state index in [2.05, 4.69) is 21.2 Å². The number of rotatable bonds is 6. The largest absolute Gasteiger partial charge is 0.493 e. The summed E-state index contributed by atoms with van der Waals surface area (Å²) in [6.07, 6.45) is 6.72. The van der Waals surface area contributed by atoms with E-state index in [1.54, 1.807) is 19.2 Å². The molecule has 0 radical (unpaired) electrons. The second-order valence-electron chi connectivity index (χ2n) is 5.65. The molecule has 1 aliphatic carbocycles. The molecule has 1 aromatic rings. The summed E-state index contributed by atoms with van der Waals surface area (Å²) in [5.74, 6) is 1.18. The van der Waals surface area contributed by atoms with Gasteiger partial charge in [-0.05, 0) is 47.3 Å². The molecule has 0 unspecified atom stereocenters. The molecule has 0 spiro atoms. The average Bonchev–Trinajstić information content (AvgIpc) is 2.54. The minimum Gasteiger partial charge on any atom is -0.493 e. The molecule has 2 rings (SSSR count). The zero-order chi connectivity index (χ0) is 15.9. The van der Waals surface area contributed by atoms with E-state index >= 15 is 0 Å². The van der Waals surface area contributed by atoms with Crippen molar-refractivity contribution in [1.29, 1.82) is 0 Å². The minimum absolute atomic E-state index is 0.0482. The molecule has 0 saturated heterocycles. The standard InChI is InChI=1S/C17H24BrNO3/c1-3-9-22-16-14(18)10-12(11-15(16)21-2)17(20)19-13-7-5-4-6-8-13/h10-11,13H,3-9H2,1-2H3,(H,19,20). The van der Waals surface area contributed by atoms with Gasteiger partial charge in [-0.3, -0.25) is 4.79 Å². The first-order chi connectivity index (χ1) is 10.7. The lowest BCUT2D eigenvalue weighted by Crippen LogP contribution is -2.36. The Morgan fingerprint density at radius 2 is 2.05 bits per heavy atom. The molecule has 0 heterocycles. The average molecular weight is 370 g/mol. The van der Waals surface area contributed by atoms with Crippen molar-refractivity contribution in [3.63, 3.8) is 0 Å². The first-order valence-corrected chi connectivity index (χ1v) is 8.76. The van der Waals surface area contributed by atoms with Gasteiger partial charge in [-0.25, -0.2) is 0 Å². The van der Waals surface area contributed by atoms with Crippen LogP contribution in [0.4, 0.5) is 0 Å². The maximum absolute atomic E-state index is 12.4. The third-order valence-electron chi connectivity index (χ3n) is 3.88. The van der Waals surface area contributed by atoms with Gasteiger partial charge in [0.2, 0.25) is 0 Å². The van der Waals surface area contributed by atoms with E-state index in [0.29, 0.717) is 29.7 Å². The lowest BCUT2D eigenvalue weighted by atomic mass is 9.95. The number of amides is 1. The van der Waals surface area contributed by atoms with Gasteiger partial charge >= 0.3 is 0 Å². The molecule has 1 aliphatic rings. The Kier molecular flexibility index (Phi) is 6.55. The van der Waals surface area contributed by atoms with Crippen LogP contribution in [0.3, 0.4) is 0 Å². The monoisotopic (exact) mass is 369 g/mol. The van der Waals surface area contributed by atoms with E-state index in [1.807, 2.05) is 6.92 Å². The Morgan fingerprint density at radius 1 is 1.32 bits per heavy atom. The minimum atomic E-state index is -0.0482. The topological polar surface area (TPSA) is 47.6 Å². The molecular formula is C17H24BrNO3. The van der Waals surface area contributed by atoms with Gasteiger partial charge in [0.15, 0.2) is 11.5 Å². The van der Waals surface area contributed by atoms with Crippen molar-refractivity contribution in [3.8, 4) is 11.5 Å². The summed E-state index contributed by atoms with van der Waals surface area (Å²) >= 11 is 3.48. The van der Waals surface area contributed by atoms with Gasteiger partial charge in [0.25, 0.3) is 5.91 Å². The van der Waals surface area contributed by atoms with Crippen molar-refractivity contribution in [1.82, 2.24) is 5.32 Å². The second kappa shape index (κ2) is 8.42. The number of carbonyl (C=O) groups excluding carboxylic acids is 1. The van der Waals surface area contributed by atoms with Crippen molar-refractivity contribution < 1.29 is 14.3 Å². The number of ether oxygens (including phenoxy) is 2. The molecule has 1 amide bonds. The van der Waals surface area contributed by atoms with Gasteiger partial charge in [0, 0.05) is 11.6 Å². The van der Waals surface area contributed by atoms with E-state index in [-0.39, 0.29) is 5.91 Å². The van der Waals surface area contributed by atoms with Crippen LogP contribution in [-0.4, -0.2) is 25.7 Å². The Hall–Kier alpha value is -1.23. The molecule has 1 saturated carbocycles. The van der Waals surface area contributed by atoms with Gasteiger partial charge < -0.3 is 14.8 Å². The lowest BCUT2D eigenvalue weighted by molar-refractivity contribution is 0.0927. The fourth-order valence-corrected chi connectivity index (χ4v) is 3.27. The predicted molar refractivity (Wildman–Crippen MR) is 90.8 cm³/mol. The normalized spacial score (nSPS) is 15.4. The first-order valence-electron chi connectivity index (χ1n) is 7.97. The number of halogens is 1. The third kappa shape index (κ3) is 4.38. The van der Waals surface area contributed by atoms with Crippen LogP contribution in [0, 0.1) is 0 Å². The van der Waals surface area contributed by atoms with Crippen LogP contribution in [0.15, 0.2) is 16.6 Å². The highest BCUT2D eigenvalue weighted by molar-refractivity contribution is 9.10. The molecule has 0 aliphatic heterocycles. The lowest BCUT2D eigenvalue weighted by Gasteiger charge is -2.23. The van der Waals surface area contributed by atoms with Gasteiger partial charge in [-0.1, -0.05) is 26.2 Å². The summed E-state index contributed by atoms with van der Waals surface area (Å²) in [5, 5.41) is 3.12. The zero-order valence-corrected chi connectivity index (χ0v) is 14.9. The van der Waals surface area contributed by atoms with Crippen LogP contribution in [0.5, 0.6) is 11.5 Å². The van der Waals surface area contributed by atoms with Gasteiger partial charge in [-0.2, -0.15) is 0 Å². The summed E-state index contributed by atoms with van der Waals surface area (Å²) in [4.78, 5) is 12.4. The highest BCUT2D eigenvalue weighted by Crippen LogP contribution is 2.36. The molecule has 1 N–H and O–H groups in total. The SMILES string of the molecule is CCCOc1c(Br)cc(C(=O)NC2CCCCC2)cc1OC. The van der Waals surface area contributed by atoms with E-state index in [0.717, 1.165) is 23.7 Å². The zero-order valence-electron chi connectivity index (χ0n) is 13.3. The number of methoxy groups -OCH3 is 1. The molecule has 1 fully saturated rings. The van der Waals surface area contributed by atoms with E-state index < -0.39 is 0 Å². The van der Waals surface area contributed by atoms with Gasteiger partial charge in [0.1, 0.15) is 0 Å². The maximum atomic E-state index is 12.4. The Morgan fingerprint density at radius 3 is 2.68 bits per heavy atom. The van der Waals surface area contributed by atoms with E-state index in [4.69, 9.17) is 9.47 Å². The summed E-state index contributed by atoms with van der Waals surface area (Å²) < 4.78 is 11.8. The molecular weight excluding hydrogens is 346 g/mol. The fraction of sp³-hybridized carbons (Fsp3) is 0.588. The molecule has 122 valence electrons. The number of hydrogen-bond acceptors (Lipinski definition) is 3. The highest BCUT2D eigenvalue weighted by atomic mass is 79.9. The molecule has 1 aromatic carbocycles. The van der Waals surface area contributed by atoms with E-state index in [9.17, 15) is 4.79 Å². The van der Waals surface area contributed by atoms with Gasteiger partial charge in [-0.15, -0.1) is 0 Å². The molecule has 5 heteroatoms. The van der Waals surface area contributed by atoms with Crippen molar-refractivity contribution in [2.24, 2.45) is 0 Å². The summed E-state index contributed by atoms with van der Waals surface area (Å²) in [6.45, 7) is 2.66. The molecule has 4 nitrogen and oxygen atoms in total. The van der Waals surface area contributed by atoms with Crippen molar-refractivity contribution in [2.75, 3.05) is 13.7 Å². The van der Waals surface area contributed by atoms with Crippen LogP contribution >= 0.6 is 15.9 Å². The number of benzene rings is 1. The van der Waals surface area contributed by atoms with Crippen molar-refractivity contribution >= 4 is 21.8 Å². The van der Waals surface area contributed by atoms with Crippen LogP contribution in [0.2, 0.25) is 0 Å². The predicted octanol–water partition coefficient (Wildman–Crippen LogP) is 4.31. The first kappa shape index (κ1) is 17.1. The fourth-order valence-electron chi connectivity index (χ4n) is 2.71. The maximum Gasteiger partial charge on any atom is 0.251 e. The second-order valence-corrected chi connectivity index (χ2v) is 6.50. The van der Waals surface area contributed by atoms with E-state index in [1.165, 1.54) is 19.3 Å². The Balaban J connectivity index is 2.12. The number of carbonyl (C=O) groups is 1. The van der Waals surface area contributed by atoms with Crippen molar-refractivity contribution in [3.05, 3.63) is 22.2 Å². The molecule has 0 atom stereocenters. The molecule has 0 aromatic heterocycles. The van der Waals surface area contributed by atoms with Gasteiger partial charge in [0.05, 0.1) is 18.2 Å². The Labute approximate surface area is 140 Å². The summed E-state index contributed by atoms with van der Waals surface area (Å²) in [7, 11) is 1.59. The van der Waals surface area contributed by atoms with Crippen LogP contribution < -0.4 is 14.8 Å². The smallest absolute Gasteiger partial charge is 0.251 e. The highest BCUT2D eigenvalue weighted by Gasteiger charge is 2.19. The number of hydrogen-bond donors (Lipinski definition) is 1. The third-order valence-corrected chi connectivity index (χ3v) is 4.47. The van der Waals surface area contributed by atoms with Crippen LogP contribution in [0.1, 0.15) is 55.8 Å². The molecule has 22 heavy (non-hydrogen) atoms. The summed E-state index contributed by atoms with van der Waals surface area (Å²) in [6, 6.07) is 3.83. The molecule has 0 bridgehead atoms. The number of nitrogens with one attached hydrogen (secondary N) is 1. The quantitative estimate of drug-likeness (QED) is 0.812.